The van der Waals surface area contributed by atoms with E-state index < -0.39 is 33.1 Å². The van der Waals surface area contributed by atoms with Crippen LogP contribution in [0.5, 0.6) is 0 Å². The second kappa shape index (κ2) is 6.48. The van der Waals surface area contributed by atoms with Crippen LogP contribution in [0.25, 0.3) is 0 Å². The summed E-state index contributed by atoms with van der Waals surface area (Å²) >= 11 is 22.4. The normalized spacial score (nSPS) is 9.65. The quantitative estimate of drug-likeness (QED) is 0.479. The van der Waals surface area contributed by atoms with Crippen LogP contribution >= 0.6 is 46.4 Å². The molecule has 0 aliphatic carbocycles. The molecule has 1 rings (SSSR count). The molecule has 0 amide bonds. The molecule has 0 atom stereocenters. The fourth-order valence-corrected chi connectivity index (χ4v) is 2.05. The third-order valence-corrected chi connectivity index (χ3v) is 3.50. The van der Waals surface area contributed by atoms with Crippen molar-refractivity contribution in [3.8, 4) is 0 Å². The molecule has 0 unspecified atom stereocenters. The first-order valence-electron chi connectivity index (χ1n) is 3.61. The summed E-state index contributed by atoms with van der Waals surface area (Å²) in [5.41, 5.74) is -1.37. The van der Waals surface area contributed by atoms with Gasteiger partial charge >= 0.3 is 41.5 Å². The Labute approximate surface area is 139 Å². The molecule has 0 heterocycles. The Bertz CT molecular complexity index is 464. The Morgan fingerprint density at radius 2 is 1.00 bits per heavy atom. The minimum Gasteiger partial charge on any atom is -1.00 e. The molecule has 0 aliphatic rings. The number of carboxylic acids is 2. The Balaban J connectivity index is 0. The van der Waals surface area contributed by atoms with Gasteiger partial charge in [-0.2, -0.15) is 0 Å². The average Bonchev–Trinajstić information content (AvgIpc) is 2.18. The van der Waals surface area contributed by atoms with Crippen molar-refractivity contribution in [2.75, 3.05) is 0 Å². The standard InChI is InChI=1S/C8H2Cl4O4.Na.H/c9-3-1(7(13)14)2(8(15)16)4(10)6(12)5(3)11;;/h(H,13,14)(H,15,16);;/q;+1;-1. The van der Waals surface area contributed by atoms with E-state index >= 15 is 0 Å². The van der Waals surface area contributed by atoms with Gasteiger partial charge in [-0.3, -0.25) is 0 Å². The number of carbonyl (C=O) groups is 2. The van der Waals surface area contributed by atoms with E-state index in [1.165, 1.54) is 0 Å². The molecule has 1 aromatic carbocycles. The van der Waals surface area contributed by atoms with Crippen LogP contribution in [0.2, 0.25) is 20.1 Å². The van der Waals surface area contributed by atoms with Crippen LogP contribution in [0, 0.1) is 0 Å². The minimum absolute atomic E-state index is 0. The first-order valence-corrected chi connectivity index (χ1v) is 5.12. The zero-order chi connectivity index (χ0) is 12.6. The van der Waals surface area contributed by atoms with Gasteiger partial charge in [-0.05, 0) is 0 Å². The molecule has 0 aliphatic heterocycles. The Morgan fingerprint density at radius 3 is 1.18 bits per heavy atom. The summed E-state index contributed by atoms with van der Waals surface area (Å²) in [6.07, 6.45) is 0. The van der Waals surface area contributed by atoms with Crippen molar-refractivity contribution in [1.82, 2.24) is 0 Å². The van der Waals surface area contributed by atoms with Gasteiger partial charge in [0.05, 0.1) is 31.2 Å². The van der Waals surface area contributed by atoms with Gasteiger partial charge < -0.3 is 11.6 Å². The van der Waals surface area contributed by atoms with Crippen LogP contribution in [0.4, 0.5) is 0 Å². The molecular weight excluding hydrogens is 325 g/mol. The van der Waals surface area contributed by atoms with Gasteiger partial charge in [-0.25, -0.2) is 9.59 Å². The van der Waals surface area contributed by atoms with Crippen LogP contribution in [-0.4, -0.2) is 22.2 Å². The molecular formula is C8H3Cl4NaO4. The summed E-state index contributed by atoms with van der Waals surface area (Å²) in [6, 6.07) is 0. The number of hydrogen-bond donors (Lipinski definition) is 2. The fraction of sp³-hybridized carbons (Fsp3) is 0. The maximum Gasteiger partial charge on any atom is 1.00 e. The molecule has 0 fully saturated rings. The fourth-order valence-electron chi connectivity index (χ4n) is 1.03. The summed E-state index contributed by atoms with van der Waals surface area (Å²) in [7, 11) is 0. The maximum absolute atomic E-state index is 10.9. The number of halogens is 4. The van der Waals surface area contributed by atoms with Gasteiger partial charge in [0.2, 0.25) is 0 Å². The van der Waals surface area contributed by atoms with E-state index in [2.05, 4.69) is 0 Å². The molecule has 1 aromatic rings. The number of hydrogen-bond acceptors (Lipinski definition) is 2. The number of benzene rings is 1. The van der Waals surface area contributed by atoms with Crippen molar-refractivity contribution in [1.29, 1.82) is 0 Å². The largest absolute Gasteiger partial charge is 1.00 e. The predicted octanol–water partition coefficient (Wildman–Crippen LogP) is 0.813. The van der Waals surface area contributed by atoms with Gasteiger partial charge in [0.25, 0.3) is 0 Å². The zero-order valence-corrected chi connectivity index (χ0v) is 13.2. The Kier molecular flexibility index (Phi) is 6.60. The monoisotopic (exact) mass is 326 g/mol. The maximum atomic E-state index is 10.9. The third-order valence-electron chi connectivity index (χ3n) is 1.69. The summed E-state index contributed by atoms with van der Waals surface area (Å²) in [6.45, 7) is 0. The summed E-state index contributed by atoms with van der Waals surface area (Å²) in [5.74, 6) is -3.11. The van der Waals surface area contributed by atoms with Gasteiger partial charge in [0, 0.05) is 0 Å². The molecule has 4 nitrogen and oxygen atoms in total. The van der Waals surface area contributed by atoms with Gasteiger partial charge in [0.1, 0.15) is 0 Å². The van der Waals surface area contributed by atoms with Crippen molar-refractivity contribution in [2.24, 2.45) is 0 Å². The molecule has 0 saturated heterocycles. The van der Waals surface area contributed by atoms with E-state index in [9.17, 15) is 9.59 Å². The van der Waals surface area contributed by atoms with Crippen LogP contribution < -0.4 is 29.6 Å². The third kappa shape index (κ3) is 3.20. The van der Waals surface area contributed by atoms with Gasteiger partial charge in [-0.1, -0.05) is 46.4 Å². The number of rotatable bonds is 2. The van der Waals surface area contributed by atoms with E-state index in [0.717, 1.165) is 0 Å². The van der Waals surface area contributed by atoms with Gasteiger partial charge in [-0.15, -0.1) is 0 Å². The van der Waals surface area contributed by atoms with Crippen molar-refractivity contribution in [2.45, 2.75) is 0 Å². The van der Waals surface area contributed by atoms with E-state index in [1.807, 2.05) is 0 Å². The van der Waals surface area contributed by atoms with Crippen molar-refractivity contribution >= 4 is 58.3 Å². The van der Waals surface area contributed by atoms with Crippen LogP contribution in [-0.2, 0) is 0 Å². The molecule has 0 bridgehead atoms. The molecule has 0 radical (unpaired) electrons. The second-order valence-electron chi connectivity index (χ2n) is 2.62. The SMILES string of the molecule is O=C(O)c1c(Cl)c(Cl)c(Cl)c(Cl)c1C(=O)O.[H-].[Na+]. The Hall–Kier alpha value is 0.320. The van der Waals surface area contributed by atoms with Crippen LogP contribution in [0.15, 0.2) is 0 Å². The number of aromatic carboxylic acids is 2. The van der Waals surface area contributed by atoms with E-state index in [-0.39, 0.29) is 41.0 Å². The smallest absolute Gasteiger partial charge is 1.00 e. The average molecular weight is 328 g/mol. The van der Waals surface area contributed by atoms with E-state index in [4.69, 9.17) is 56.6 Å². The molecule has 0 saturated carbocycles. The second-order valence-corrected chi connectivity index (χ2v) is 4.13. The van der Waals surface area contributed by atoms with Crippen LogP contribution in [0.1, 0.15) is 22.1 Å². The molecule has 17 heavy (non-hydrogen) atoms. The zero-order valence-electron chi connectivity index (χ0n) is 9.22. The Morgan fingerprint density at radius 1 is 0.765 bits per heavy atom. The number of carboxylic acid groups (broad SMARTS) is 2. The van der Waals surface area contributed by atoms with E-state index in [0.29, 0.717) is 0 Å². The summed E-state index contributed by atoms with van der Waals surface area (Å²) < 4.78 is 0. The molecule has 9 heteroatoms. The van der Waals surface area contributed by atoms with Crippen molar-refractivity contribution < 1.29 is 50.8 Å². The predicted molar refractivity (Wildman–Crippen MR) is 61.5 cm³/mol. The van der Waals surface area contributed by atoms with E-state index in [1.54, 1.807) is 0 Å². The molecule has 0 spiro atoms. The van der Waals surface area contributed by atoms with Crippen molar-refractivity contribution in [3.63, 3.8) is 0 Å². The molecule has 2 N–H and O–H groups in total. The topological polar surface area (TPSA) is 74.6 Å². The minimum atomic E-state index is -1.55. The van der Waals surface area contributed by atoms with Crippen molar-refractivity contribution in [3.05, 3.63) is 31.2 Å². The molecule has 0 aromatic heterocycles. The first-order chi connectivity index (χ1) is 7.29. The summed E-state index contributed by atoms with van der Waals surface area (Å²) in [4.78, 5) is 21.7. The van der Waals surface area contributed by atoms with Crippen LogP contribution in [0.3, 0.4) is 0 Å². The summed E-state index contributed by atoms with van der Waals surface area (Å²) in [5, 5.41) is 16.1. The first kappa shape index (κ1) is 17.3. The van der Waals surface area contributed by atoms with Gasteiger partial charge in [0.15, 0.2) is 0 Å². The molecule has 88 valence electrons.